The van der Waals surface area contributed by atoms with E-state index in [1.54, 1.807) is 25.1 Å². The summed E-state index contributed by atoms with van der Waals surface area (Å²) in [5.74, 6) is 0.850. The maximum Gasteiger partial charge on any atom is 0.118 e. The molecule has 0 bridgehead atoms. The van der Waals surface area contributed by atoms with Crippen molar-refractivity contribution in [1.82, 2.24) is 4.98 Å². The third-order valence-electron chi connectivity index (χ3n) is 2.68. The average Bonchev–Trinajstić information content (AvgIpc) is 2.47. The van der Waals surface area contributed by atoms with Gasteiger partial charge in [-0.25, -0.2) is 4.98 Å². The van der Waals surface area contributed by atoms with E-state index in [-0.39, 0.29) is 5.25 Å². The van der Waals surface area contributed by atoms with E-state index in [0.29, 0.717) is 6.54 Å². The molecule has 0 amide bonds. The predicted molar refractivity (Wildman–Crippen MR) is 82.6 cm³/mol. The van der Waals surface area contributed by atoms with Crippen molar-refractivity contribution in [3.63, 3.8) is 0 Å². The fourth-order valence-corrected chi connectivity index (χ4v) is 3.16. The number of aromatic nitrogens is 1. The second-order valence-corrected chi connectivity index (χ2v) is 5.95. The lowest BCUT2D eigenvalue weighted by molar-refractivity contribution is 0.414. The zero-order valence-electron chi connectivity index (χ0n) is 10.5. The van der Waals surface area contributed by atoms with Crippen LogP contribution in [0.5, 0.6) is 5.75 Å². The molecule has 1 unspecified atom stereocenters. The highest BCUT2D eigenvalue weighted by Crippen LogP contribution is 2.37. The molecule has 5 heteroatoms. The molecule has 2 N–H and O–H groups in total. The maximum absolute atomic E-state index is 5.88. The number of methoxy groups -OCH3 is 1. The van der Waals surface area contributed by atoms with Crippen LogP contribution in [0.4, 0.5) is 0 Å². The summed E-state index contributed by atoms with van der Waals surface area (Å²) < 4.78 is 6.15. The highest BCUT2D eigenvalue weighted by Gasteiger charge is 2.14. The molecule has 0 aliphatic heterocycles. The van der Waals surface area contributed by atoms with Gasteiger partial charge in [-0.3, -0.25) is 0 Å². The van der Waals surface area contributed by atoms with E-state index >= 15 is 0 Å². The van der Waals surface area contributed by atoms with Gasteiger partial charge in [0.25, 0.3) is 0 Å². The van der Waals surface area contributed by atoms with Crippen LogP contribution in [-0.4, -0.2) is 18.6 Å². The second kappa shape index (κ2) is 6.93. The zero-order chi connectivity index (χ0) is 13.7. The highest BCUT2D eigenvalue weighted by molar-refractivity contribution is 9.10. The molecule has 1 aromatic carbocycles. The van der Waals surface area contributed by atoms with Crippen LogP contribution in [0.1, 0.15) is 10.8 Å². The summed E-state index contributed by atoms with van der Waals surface area (Å²) in [6.45, 7) is 0.556. The largest absolute Gasteiger partial charge is 0.497 e. The molecule has 0 radical (unpaired) electrons. The van der Waals surface area contributed by atoms with Crippen LogP contribution in [0.25, 0.3) is 0 Å². The Labute approximate surface area is 125 Å². The lowest BCUT2D eigenvalue weighted by Crippen LogP contribution is -2.09. The highest BCUT2D eigenvalue weighted by atomic mass is 79.9. The fourth-order valence-electron chi connectivity index (χ4n) is 1.66. The summed E-state index contributed by atoms with van der Waals surface area (Å²) in [5, 5.41) is 1.13. The number of rotatable bonds is 5. The standard InChI is InChI=1S/C14H15BrN2OS/c1-18-11-6-4-10(5-7-11)13(9-16)19-14-12(15)3-2-8-17-14/h2-8,13H,9,16H2,1H3. The summed E-state index contributed by atoms with van der Waals surface area (Å²) in [6, 6.07) is 11.9. The van der Waals surface area contributed by atoms with Gasteiger partial charge in [0, 0.05) is 22.5 Å². The first-order valence-electron chi connectivity index (χ1n) is 5.85. The van der Waals surface area contributed by atoms with E-state index in [4.69, 9.17) is 10.5 Å². The Morgan fingerprint density at radius 3 is 2.63 bits per heavy atom. The lowest BCUT2D eigenvalue weighted by atomic mass is 10.1. The normalized spacial score (nSPS) is 12.2. The van der Waals surface area contributed by atoms with Gasteiger partial charge in [0.1, 0.15) is 10.8 Å². The van der Waals surface area contributed by atoms with Crippen molar-refractivity contribution in [2.45, 2.75) is 10.3 Å². The third kappa shape index (κ3) is 3.72. The molecule has 0 saturated carbocycles. The van der Waals surface area contributed by atoms with E-state index in [2.05, 4.69) is 20.9 Å². The van der Waals surface area contributed by atoms with Gasteiger partial charge in [-0.05, 0) is 45.8 Å². The number of nitrogens with two attached hydrogens (primary N) is 1. The van der Waals surface area contributed by atoms with E-state index in [0.717, 1.165) is 15.2 Å². The molecule has 100 valence electrons. The zero-order valence-corrected chi connectivity index (χ0v) is 12.9. The van der Waals surface area contributed by atoms with Crippen LogP contribution in [0, 0.1) is 0 Å². The average molecular weight is 339 g/mol. The summed E-state index contributed by atoms with van der Waals surface area (Å²) in [7, 11) is 1.66. The second-order valence-electron chi connectivity index (χ2n) is 3.91. The van der Waals surface area contributed by atoms with Gasteiger partial charge in [0.05, 0.1) is 7.11 Å². The van der Waals surface area contributed by atoms with Gasteiger partial charge >= 0.3 is 0 Å². The van der Waals surface area contributed by atoms with Crippen molar-refractivity contribution < 1.29 is 4.74 Å². The van der Waals surface area contributed by atoms with E-state index < -0.39 is 0 Å². The number of nitrogens with zero attached hydrogens (tertiary/aromatic N) is 1. The summed E-state index contributed by atoms with van der Waals surface area (Å²) in [5.41, 5.74) is 7.05. The Morgan fingerprint density at radius 2 is 2.05 bits per heavy atom. The number of ether oxygens (including phenoxy) is 1. The molecule has 3 nitrogen and oxygen atoms in total. The molecule has 2 rings (SSSR count). The van der Waals surface area contributed by atoms with Crippen LogP contribution in [0.15, 0.2) is 52.1 Å². The smallest absolute Gasteiger partial charge is 0.118 e. The topological polar surface area (TPSA) is 48.1 Å². The molecule has 1 atom stereocenters. The minimum atomic E-state index is 0.178. The van der Waals surface area contributed by atoms with E-state index in [1.807, 2.05) is 36.4 Å². The Hall–Kier alpha value is -1.04. The predicted octanol–water partition coefficient (Wildman–Crippen LogP) is 3.64. The molecule has 1 heterocycles. The quantitative estimate of drug-likeness (QED) is 0.845. The fraction of sp³-hybridized carbons (Fsp3) is 0.214. The van der Waals surface area contributed by atoms with Crippen molar-refractivity contribution in [3.05, 3.63) is 52.6 Å². The molecule has 1 aromatic heterocycles. The monoisotopic (exact) mass is 338 g/mol. The van der Waals surface area contributed by atoms with Crippen LogP contribution in [-0.2, 0) is 0 Å². The van der Waals surface area contributed by atoms with Crippen LogP contribution in [0.2, 0.25) is 0 Å². The molecule has 0 fully saturated rings. The van der Waals surface area contributed by atoms with E-state index in [1.165, 1.54) is 5.56 Å². The van der Waals surface area contributed by atoms with Crippen molar-refractivity contribution in [2.75, 3.05) is 13.7 Å². The number of pyridine rings is 1. The number of halogens is 1. The minimum Gasteiger partial charge on any atom is -0.497 e. The first kappa shape index (κ1) is 14.4. The van der Waals surface area contributed by atoms with Crippen molar-refractivity contribution in [3.8, 4) is 5.75 Å². The maximum atomic E-state index is 5.88. The molecule has 0 spiro atoms. The molecule has 2 aromatic rings. The van der Waals surface area contributed by atoms with Gasteiger partial charge < -0.3 is 10.5 Å². The van der Waals surface area contributed by atoms with Crippen LogP contribution in [0.3, 0.4) is 0 Å². The lowest BCUT2D eigenvalue weighted by Gasteiger charge is -2.15. The summed E-state index contributed by atoms with van der Waals surface area (Å²) in [6.07, 6.45) is 1.79. The Bertz CT molecular complexity index is 533. The number of thioether (sulfide) groups is 1. The van der Waals surface area contributed by atoms with Crippen LogP contribution >= 0.6 is 27.7 Å². The number of hydrogen-bond acceptors (Lipinski definition) is 4. The Kier molecular flexibility index (Phi) is 5.24. The molecule has 0 saturated heterocycles. The van der Waals surface area contributed by atoms with Gasteiger partial charge in [-0.2, -0.15) is 0 Å². The third-order valence-corrected chi connectivity index (χ3v) is 4.88. The van der Waals surface area contributed by atoms with Crippen molar-refractivity contribution in [2.24, 2.45) is 5.73 Å². The molecule has 19 heavy (non-hydrogen) atoms. The first-order chi connectivity index (χ1) is 9.24. The van der Waals surface area contributed by atoms with Gasteiger partial charge in [0.2, 0.25) is 0 Å². The Balaban J connectivity index is 2.17. The van der Waals surface area contributed by atoms with E-state index in [9.17, 15) is 0 Å². The van der Waals surface area contributed by atoms with Gasteiger partial charge in [0.15, 0.2) is 0 Å². The Morgan fingerprint density at radius 1 is 1.32 bits per heavy atom. The summed E-state index contributed by atoms with van der Waals surface area (Å²) >= 11 is 5.16. The van der Waals surface area contributed by atoms with Gasteiger partial charge in [-0.1, -0.05) is 23.9 Å². The first-order valence-corrected chi connectivity index (χ1v) is 7.53. The number of benzene rings is 1. The molecule has 0 aliphatic carbocycles. The molecule has 0 aliphatic rings. The van der Waals surface area contributed by atoms with Crippen molar-refractivity contribution in [1.29, 1.82) is 0 Å². The number of hydrogen-bond donors (Lipinski definition) is 1. The SMILES string of the molecule is COc1ccc(C(CN)Sc2ncccc2Br)cc1. The summed E-state index contributed by atoms with van der Waals surface area (Å²) in [4.78, 5) is 4.36. The minimum absolute atomic E-state index is 0.178. The molecular weight excluding hydrogens is 324 g/mol. The molecular formula is C14H15BrN2OS. The van der Waals surface area contributed by atoms with Crippen LogP contribution < -0.4 is 10.5 Å². The van der Waals surface area contributed by atoms with Gasteiger partial charge in [-0.15, -0.1) is 0 Å². The van der Waals surface area contributed by atoms with Crippen molar-refractivity contribution >= 4 is 27.7 Å².